The van der Waals surface area contributed by atoms with E-state index >= 15 is 0 Å². The third-order valence-corrected chi connectivity index (χ3v) is 6.02. The van der Waals surface area contributed by atoms with Gasteiger partial charge in [0, 0.05) is 45.7 Å². The average Bonchev–Trinajstić information content (AvgIpc) is 3.28. The number of imidazole rings is 1. The van der Waals surface area contributed by atoms with Gasteiger partial charge >= 0.3 is 0 Å². The summed E-state index contributed by atoms with van der Waals surface area (Å²) in [5.74, 6) is 0.862. The molecule has 2 fully saturated rings. The molecule has 8 heteroatoms. The second kappa shape index (κ2) is 7.69. The minimum atomic E-state index is -0.756. The highest BCUT2D eigenvalue weighted by Gasteiger charge is 2.31. The molecule has 148 valence electrons. The fourth-order valence-corrected chi connectivity index (χ4v) is 4.41. The van der Waals surface area contributed by atoms with Crippen molar-refractivity contribution in [3.8, 4) is 0 Å². The zero-order chi connectivity index (χ0) is 18.9. The largest absolute Gasteiger partial charge is 0.388 e. The van der Waals surface area contributed by atoms with E-state index in [0.29, 0.717) is 38.6 Å². The summed E-state index contributed by atoms with van der Waals surface area (Å²) in [6, 6.07) is 0.565. The molecular formula is C19H30N6O2. The van der Waals surface area contributed by atoms with E-state index in [0.717, 1.165) is 30.1 Å². The van der Waals surface area contributed by atoms with E-state index < -0.39 is 5.60 Å². The Kier molecular flexibility index (Phi) is 5.29. The van der Waals surface area contributed by atoms with Crippen LogP contribution in [-0.4, -0.2) is 81.1 Å². The van der Waals surface area contributed by atoms with Gasteiger partial charge in [0.15, 0.2) is 17.0 Å². The Bertz CT molecular complexity index is 773. The van der Waals surface area contributed by atoms with Gasteiger partial charge in [-0.25, -0.2) is 15.0 Å². The Balaban J connectivity index is 1.55. The van der Waals surface area contributed by atoms with Gasteiger partial charge in [-0.2, -0.15) is 0 Å². The fraction of sp³-hybridized carbons (Fsp3) is 0.737. The molecule has 27 heavy (non-hydrogen) atoms. The average molecular weight is 374 g/mol. The minimum Gasteiger partial charge on any atom is -0.388 e. The molecule has 0 spiro atoms. The van der Waals surface area contributed by atoms with Gasteiger partial charge in [0.25, 0.3) is 0 Å². The SMILES string of the molecule is CCN1CCCC1CN(C)c1ncnc2c1ncn2CC1(O)CCOCC1. The first-order chi connectivity index (χ1) is 13.1. The van der Waals surface area contributed by atoms with Gasteiger partial charge < -0.3 is 19.3 Å². The Hall–Kier alpha value is -1.77. The molecule has 0 saturated carbocycles. The molecule has 4 rings (SSSR count). The quantitative estimate of drug-likeness (QED) is 0.816. The molecule has 2 aromatic heterocycles. The lowest BCUT2D eigenvalue weighted by Crippen LogP contribution is -2.40. The third kappa shape index (κ3) is 3.79. The highest BCUT2D eigenvalue weighted by Crippen LogP contribution is 2.27. The summed E-state index contributed by atoms with van der Waals surface area (Å²) in [6.07, 6.45) is 7.15. The van der Waals surface area contributed by atoms with Gasteiger partial charge in [0.1, 0.15) is 6.33 Å². The number of aromatic nitrogens is 4. The second-order valence-corrected chi connectivity index (χ2v) is 7.88. The van der Waals surface area contributed by atoms with Crippen LogP contribution in [0.25, 0.3) is 11.2 Å². The summed E-state index contributed by atoms with van der Waals surface area (Å²) in [4.78, 5) is 18.3. The van der Waals surface area contributed by atoms with Crippen LogP contribution in [0.1, 0.15) is 32.6 Å². The summed E-state index contributed by atoms with van der Waals surface area (Å²) in [5.41, 5.74) is 0.830. The van der Waals surface area contributed by atoms with Crippen molar-refractivity contribution in [1.82, 2.24) is 24.4 Å². The molecule has 2 saturated heterocycles. The molecule has 4 heterocycles. The molecule has 2 aliphatic rings. The lowest BCUT2D eigenvalue weighted by molar-refractivity contribution is -0.0723. The van der Waals surface area contributed by atoms with Crippen LogP contribution >= 0.6 is 0 Å². The van der Waals surface area contributed by atoms with Crippen LogP contribution in [0.15, 0.2) is 12.7 Å². The van der Waals surface area contributed by atoms with Crippen molar-refractivity contribution >= 4 is 17.0 Å². The van der Waals surface area contributed by atoms with Crippen LogP contribution in [-0.2, 0) is 11.3 Å². The number of likely N-dealkylation sites (N-methyl/N-ethyl adjacent to an activating group) is 2. The van der Waals surface area contributed by atoms with E-state index in [9.17, 15) is 5.11 Å². The third-order valence-electron chi connectivity index (χ3n) is 6.02. The van der Waals surface area contributed by atoms with Crippen molar-refractivity contribution in [2.75, 3.05) is 44.8 Å². The molecule has 1 atom stereocenters. The summed E-state index contributed by atoms with van der Waals surface area (Å²) >= 11 is 0. The number of ether oxygens (including phenoxy) is 1. The van der Waals surface area contributed by atoms with Gasteiger partial charge in [-0.15, -0.1) is 0 Å². The van der Waals surface area contributed by atoms with E-state index in [1.54, 1.807) is 12.7 Å². The number of fused-ring (bicyclic) bond motifs is 1. The predicted molar refractivity (Wildman–Crippen MR) is 104 cm³/mol. The molecule has 8 nitrogen and oxygen atoms in total. The lowest BCUT2D eigenvalue weighted by Gasteiger charge is -2.32. The van der Waals surface area contributed by atoms with Crippen LogP contribution in [0, 0.1) is 0 Å². The van der Waals surface area contributed by atoms with E-state index in [1.165, 1.54) is 19.4 Å². The number of nitrogens with zero attached hydrogens (tertiary/aromatic N) is 6. The molecule has 2 aromatic rings. The Labute approximate surface area is 160 Å². The Morgan fingerprint density at radius 1 is 1.30 bits per heavy atom. The van der Waals surface area contributed by atoms with E-state index in [4.69, 9.17) is 4.74 Å². The van der Waals surface area contributed by atoms with Crippen LogP contribution in [0.3, 0.4) is 0 Å². The van der Waals surface area contributed by atoms with Crippen LogP contribution in [0.5, 0.6) is 0 Å². The molecule has 1 N–H and O–H groups in total. The van der Waals surface area contributed by atoms with Crippen molar-refractivity contribution in [1.29, 1.82) is 0 Å². The monoisotopic (exact) mass is 374 g/mol. The van der Waals surface area contributed by atoms with E-state index in [-0.39, 0.29) is 0 Å². The van der Waals surface area contributed by atoms with Crippen LogP contribution in [0.4, 0.5) is 5.82 Å². The predicted octanol–water partition coefficient (Wildman–Crippen LogP) is 1.29. The Morgan fingerprint density at radius 3 is 2.89 bits per heavy atom. The number of anilines is 1. The minimum absolute atomic E-state index is 0.485. The molecular weight excluding hydrogens is 344 g/mol. The zero-order valence-corrected chi connectivity index (χ0v) is 16.3. The molecule has 1 unspecified atom stereocenters. The highest BCUT2D eigenvalue weighted by atomic mass is 16.5. The normalized spacial score (nSPS) is 23.1. The maximum Gasteiger partial charge on any atom is 0.165 e. The molecule has 0 radical (unpaired) electrons. The maximum absolute atomic E-state index is 10.8. The first kappa shape index (κ1) is 18.6. The number of hydrogen-bond donors (Lipinski definition) is 1. The van der Waals surface area contributed by atoms with E-state index in [1.807, 2.05) is 4.57 Å². The van der Waals surface area contributed by atoms with Crippen molar-refractivity contribution in [3.05, 3.63) is 12.7 Å². The molecule has 0 bridgehead atoms. The number of likely N-dealkylation sites (tertiary alicyclic amines) is 1. The summed E-state index contributed by atoms with van der Waals surface area (Å²) in [7, 11) is 2.08. The van der Waals surface area contributed by atoms with Gasteiger partial charge in [-0.3, -0.25) is 4.90 Å². The van der Waals surface area contributed by atoms with Crippen molar-refractivity contribution in [2.24, 2.45) is 0 Å². The summed E-state index contributed by atoms with van der Waals surface area (Å²) < 4.78 is 7.33. The highest BCUT2D eigenvalue weighted by molar-refractivity contribution is 5.83. The fourth-order valence-electron chi connectivity index (χ4n) is 4.41. The van der Waals surface area contributed by atoms with Crippen LogP contribution in [0.2, 0.25) is 0 Å². The zero-order valence-electron chi connectivity index (χ0n) is 16.3. The number of rotatable bonds is 6. The summed E-state index contributed by atoms with van der Waals surface area (Å²) in [5, 5.41) is 10.8. The van der Waals surface area contributed by atoms with Gasteiger partial charge in [0.05, 0.1) is 18.5 Å². The maximum atomic E-state index is 10.8. The van der Waals surface area contributed by atoms with Gasteiger partial charge in [-0.05, 0) is 25.9 Å². The number of aliphatic hydroxyl groups is 1. The van der Waals surface area contributed by atoms with Crippen molar-refractivity contribution in [2.45, 2.75) is 50.8 Å². The Morgan fingerprint density at radius 2 is 2.11 bits per heavy atom. The first-order valence-electron chi connectivity index (χ1n) is 10.0. The lowest BCUT2D eigenvalue weighted by atomic mass is 9.94. The molecule has 0 aliphatic carbocycles. The van der Waals surface area contributed by atoms with Gasteiger partial charge in [-0.1, -0.05) is 6.92 Å². The molecule has 0 aromatic carbocycles. The smallest absolute Gasteiger partial charge is 0.165 e. The van der Waals surface area contributed by atoms with Crippen molar-refractivity contribution < 1.29 is 9.84 Å². The first-order valence-corrected chi connectivity index (χ1v) is 10.0. The topological polar surface area (TPSA) is 79.5 Å². The molecule has 2 aliphatic heterocycles. The van der Waals surface area contributed by atoms with E-state index in [2.05, 4.69) is 38.7 Å². The van der Waals surface area contributed by atoms with Gasteiger partial charge in [0.2, 0.25) is 0 Å². The second-order valence-electron chi connectivity index (χ2n) is 7.88. The standard InChI is InChI=1S/C19H30N6O2/c1-3-24-8-4-5-15(24)11-23(2)17-16-18(21-13-20-17)25(14-22-16)12-19(26)6-9-27-10-7-19/h13-15,26H,3-12H2,1-2H3. The number of hydrogen-bond acceptors (Lipinski definition) is 7. The molecule has 0 amide bonds. The summed E-state index contributed by atoms with van der Waals surface area (Å²) in [6.45, 7) is 7.12. The van der Waals surface area contributed by atoms with Crippen LogP contribution < -0.4 is 4.90 Å². The van der Waals surface area contributed by atoms with Crippen molar-refractivity contribution in [3.63, 3.8) is 0 Å².